The standard InChI is InChI=1S/C2H2N2O3S/c5-8(6)4-3-1-2-7-8/h1-2H. The summed E-state index contributed by atoms with van der Waals surface area (Å²) in [5.41, 5.74) is 0. The number of hydrogen-bond donors (Lipinski definition) is 0. The van der Waals surface area contributed by atoms with Gasteiger partial charge in [-0.3, -0.25) is 0 Å². The van der Waals surface area contributed by atoms with Crippen molar-refractivity contribution in [3.63, 3.8) is 0 Å². The summed E-state index contributed by atoms with van der Waals surface area (Å²) in [7, 11) is -3.71. The first-order valence-electron chi connectivity index (χ1n) is 1.71. The molecule has 0 radical (unpaired) electrons. The van der Waals surface area contributed by atoms with Crippen molar-refractivity contribution >= 4 is 10.3 Å². The Balaban J connectivity index is 2.98. The molecule has 1 heterocycles. The predicted octanol–water partition coefficient (Wildman–Crippen LogP) is 0.185. The second kappa shape index (κ2) is 1.55. The molecule has 0 N–H and O–H groups in total. The van der Waals surface area contributed by atoms with Gasteiger partial charge in [0.25, 0.3) is 0 Å². The normalized spacial score (nSPS) is 22.5. The van der Waals surface area contributed by atoms with Gasteiger partial charge in [0.2, 0.25) is 0 Å². The molecule has 0 saturated heterocycles. The van der Waals surface area contributed by atoms with Gasteiger partial charge < -0.3 is 4.18 Å². The van der Waals surface area contributed by atoms with E-state index in [1.807, 2.05) is 0 Å². The molecule has 0 bridgehead atoms. The van der Waals surface area contributed by atoms with Crippen molar-refractivity contribution in [2.75, 3.05) is 0 Å². The second-order valence-corrected chi connectivity index (χ2v) is 2.22. The zero-order chi connectivity index (χ0) is 6.04. The molecule has 0 unspecified atom stereocenters. The van der Waals surface area contributed by atoms with Gasteiger partial charge in [0.15, 0.2) is 0 Å². The molecule has 1 aliphatic rings. The fraction of sp³-hybridized carbons (Fsp3) is 0. The number of rotatable bonds is 0. The van der Waals surface area contributed by atoms with E-state index in [0.717, 1.165) is 12.5 Å². The average Bonchev–Trinajstić information content (AvgIpc) is 1.65. The molecule has 0 aromatic rings. The van der Waals surface area contributed by atoms with Gasteiger partial charge in [0.05, 0.1) is 6.20 Å². The zero-order valence-corrected chi connectivity index (χ0v) is 4.50. The molecular formula is C2H2N2O3S. The molecule has 0 atom stereocenters. The summed E-state index contributed by atoms with van der Waals surface area (Å²) >= 11 is 0. The lowest BCUT2D eigenvalue weighted by molar-refractivity contribution is 0.436. The van der Waals surface area contributed by atoms with Crippen LogP contribution >= 0.6 is 0 Å². The molecule has 6 heteroatoms. The van der Waals surface area contributed by atoms with Crippen molar-refractivity contribution in [2.45, 2.75) is 0 Å². The molecule has 0 spiro atoms. The van der Waals surface area contributed by atoms with Crippen LogP contribution in [0.1, 0.15) is 0 Å². The average molecular weight is 134 g/mol. The highest BCUT2D eigenvalue weighted by Gasteiger charge is 2.07. The van der Waals surface area contributed by atoms with E-state index in [0.29, 0.717) is 0 Å². The molecule has 0 amide bonds. The van der Waals surface area contributed by atoms with Gasteiger partial charge in [-0.15, -0.1) is 5.11 Å². The van der Waals surface area contributed by atoms with E-state index in [-0.39, 0.29) is 0 Å². The van der Waals surface area contributed by atoms with Crippen LogP contribution in [0.3, 0.4) is 0 Å². The fourth-order valence-electron chi connectivity index (χ4n) is 0.226. The molecule has 1 rings (SSSR count). The maximum Gasteiger partial charge on any atom is 0.445 e. The summed E-state index contributed by atoms with van der Waals surface area (Å²) in [5, 5.41) is 3.06. The molecule has 1 aliphatic heterocycles. The van der Waals surface area contributed by atoms with E-state index in [9.17, 15) is 8.42 Å². The Labute approximate surface area is 45.9 Å². The lowest BCUT2D eigenvalue weighted by Crippen LogP contribution is -1.96. The third-order valence-corrected chi connectivity index (χ3v) is 1.10. The van der Waals surface area contributed by atoms with Crippen molar-refractivity contribution in [1.29, 1.82) is 0 Å². The topological polar surface area (TPSA) is 68.1 Å². The first-order valence-corrected chi connectivity index (χ1v) is 3.07. The Morgan fingerprint density at radius 2 is 2.25 bits per heavy atom. The first-order chi connectivity index (χ1) is 3.71. The molecule has 0 aromatic carbocycles. The summed E-state index contributed by atoms with van der Waals surface area (Å²) in [4.78, 5) is 0. The van der Waals surface area contributed by atoms with Gasteiger partial charge in [0, 0.05) is 0 Å². The minimum atomic E-state index is -3.71. The van der Waals surface area contributed by atoms with E-state index >= 15 is 0 Å². The zero-order valence-electron chi connectivity index (χ0n) is 3.68. The first kappa shape index (κ1) is 5.23. The third kappa shape index (κ3) is 1.03. The maximum absolute atomic E-state index is 10.1. The second-order valence-electron chi connectivity index (χ2n) is 1.01. The number of hydrogen-bond acceptors (Lipinski definition) is 4. The molecule has 5 nitrogen and oxygen atoms in total. The van der Waals surface area contributed by atoms with E-state index in [1.54, 1.807) is 0 Å². The molecule has 8 heavy (non-hydrogen) atoms. The van der Waals surface area contributed by atoms with Crippen molar-refractivity contribution in [3.05, 3.63) is 12.5 Å². The van der Waals surface area contributed by atoms with Crippen LogP contribution in [0.25, 0.3) is 0 Å². The summed E-state index contributed by atoms with van der Waals surface area (Å²) in [6.07, 6.45) is 2.09. The minimum Gasteiger partial charge on any atom is -0.371 e. The Morgan fingerprint density at radius 3 is 2.50 bits per heavy atom. The molecular weight excluding hydrogens is 132 g/mol. The van der Waals surface area contributed by atoms with Crippen molar-refractivity contribution < 1.29 is 12.6 Å². The van der Waals surface area contributed by atoms with Crippen LogP contribution in [0.2, 0.25) is 0 Å². The van der Waals surface area contributed by atoms with Gasteiger partial charge in [0.1, 0.15) is 6.26 Å². The fourth-order valence-corrected chi connectivity index (χ4v) is 0.625. The van der Waals surface area contributed by atoms with Crippen LogP contribution in [0, 0.1) is 0 Å². The van der Waals surface area contributed by atoms with E-state index in [1.165, 1.54) is 0 Å². The summed E-state index contributed by atoms with van der Waals surface area (Å²) in [5.74, 6) is 0. The Morgan fingerprint density at radius 1 is 1.50 bits per heavy atom. The van der Waals surface area contributed by atoms with Gasteiger partial charge in [-0.1, -0.05) is 0 Å². The summed E-state index contributed by atoms with van der Waals surface area (Å²) < 4.78 is 27.0. The Bertz CT molecular complexity index is 226. The lowest BCUT2D eigenvalue weighted by Gasteiger charge is -1.94. The molecule has 0 aromatic heterocycles. The van der Waals surface area contributed by atoms with E-state index in [2.05, 4.69) is 13.8 Å². The maximum atomic E-state index is 10.1. The van der Waals surface area contributed by atoms with Crippen LogP contribution in [-0.2, 0) is 14.5 Å². The quantitative estimate of drug-likeness (QED) is 0.474. The highest BCUT2D eigenvalue weighted by Crippen LogP contribution is 2.01. The van der Waals surface area contributed by atoms with Crippen molar-refractivity contribution in [3.8, 4) is 0 Å². The molecule has 44 valence electrons. The van der Waals surface area contributed by atoms with Crippen LogP contribution in [0.5, 0.6) is 0 Å². The SMILES string of the molecule is O=S1(=O)N=NC=CO1. The Kier molecular flexibility index (Phi) is 1.01. The third-order valence-electron chi connectivity index (χ3n) is 0.452. The lowest BCUT2D eigenvalue weighted by atomic mass is 11.0. The number of nitrogens with zero attached hydrogens (tertiary/aromatic N) is 2. The van der Waals surface area contributed by atoms with Crippen molar-refractivity contribution in [1.82, 2.24) is 0 Å². The van der Waals surface area contributed by atoms with Gasteiger partial charge in [-0.25, -0.2) is 0 Å². The van der Waals surface area contributed by atoms with Crippen molar-refractivity contribution in [2.24, 2.45) is 9.63 Å². The highest BCUT2D eigenvalue weighted by molar-refractivity contribution is 7.85. The van der Waals surface area contributed by atoms with E-state index < -0.39 is 10.3 Å². The van der Waals surface area contributed by atoms with Gasteiger partial charge >= 0.3 is 10.3 Å². The van der Waals surface area contributed by atoms with Crippen LogP contribution < -0.4 is 0 Å². The van der Waals surface area contributed by atoms with Gasteiger partial charge in [-0.05, 0) is 4.52 Å². The largest absolute Gasteiger partial charge is 0.445 e. The smallest absolute Gasteiger partial charge is 0.371 e. The van der Waals surface area contributed by atoms with Gasteiger partial charge in [-0.2, -0.15) is 8.42 Å². The van der Waals surface area contributed by atoms with E-state index in [4.69, 9.17) is 0 Å². The molecule has 0 aliphatic carbocycles. The van der Waals surface area contributed by atoms with Crippen LogP contribution in [0.4, 0.5) is 0 Å². The predicted molar refractivity (Wildman–Crippen MR) is 24.0 cm³/mol. The summed E-state index contributed by atoms with van der Waals surface area (Å²) in [6.45, 7) is 0. The minimum absolute atomic E-state index is 0.947. The van der Waals surface area contributed by atoms with Crippen LogP contribution in [-0.4, -0.2) is 8.42 Å². The van der Waals surface area contributed by atoms with Crippen LogP contribution in [0.15, 0.2) is 22.1 Å². The highest BCUT2D eigenvalue weighted by atomic mass is 32.2. The molecule has 0 fully saturated rings. The molecule has 0 saturated carbocycles. The monoisotopic (exact) mass is 134 g/mol. The Hall–Kier alpha value is -0.910. The summed E-state index contributed by atoms with van der Waals surface area (Å²) in [6, 6.07) is 0.